The van der Waals surface area contributed by atoms with Gasteiger partial charge in [0.2, 0.25) is 0 Å². The normalized spacial score (nSPS) is 30.2. The average Bonchev–Trinajstić information content (AvgIpc) is 1.93. The highest BCUT2D eigenvalue weighted by Crippen LogP contribution is 2.25. The molecule has 0 aliphatic heterocycles. The van der Waals surface area contributed by atoms with Crippen LogP contribution < -0.4 is 0 Å². The van der Waals surface area contributed by atoms with E-state index in [4.69, 9.17) is 9.47 Å². The van der Waals surface area contributed by atoms with Crippen LogP contribution in [0, 0.1) is 11.8 Å². The number of rotatable bonds is 4. The Morgan fingerprint density at radius 3 is 1.60 bits per heavy atom. The molecule has 0 amide bonds. The van der Waals surface area contributed by atoms with Crippen LogP contribution in [0.1, 0.15) is 0 Å². The SMILES string of the molecule is COCC1C=CC1COC. The van der Waals surface area contributed by atoms with Gasteiger partial charge < -0.3 is 9.47 Å². The molecule has 0 bridgehead atoms. The highest BCUT2D eigenvalue weighted by atomic mass is 16.5. The molecule has 2 heteroatoms. The van der Waals surface area contributed by atoms with Gasteiger partial charge in [-0.1, -0.05) is 12.2 Å². The second kappa shape index (κ2) is 3.74. The van der Waals surface area contributed by atoms with Crippen LogP contribution in [0.2, 0.25) is 0 Å². The van der Waals surface area contributed by atoms with Crippen LogP contribution in [0.15, 0.2) is 12.2 Å². The first-order valence-electron chi connectivity index (χ1n) is 3.54. The zero-order chi connectivity index (χ0) is 7.40. The van der Waals surface area contributed by atoms with E-state index in [0.717, 1.165) is 13.2 Å². The van der Waals surface area contributed by atoms with Gasteiger partial charge in [0, 0.05) is 26.1 Å². The molecule has 0 aromatic rings. The lowest BCUT2D eigenvalue weighted by atomic mass is 9.83. The zero-order valence-corrected chi connectivity index (χ0v) is 6.54. The minimum atomic E-state index is 0.588. The van der Waals surface area contributed by atoms with Gasteiger partial charge in [-0.05, 0) is 0 Å². The summed E-state index contributed by atoms with van der Waals surface area (Å²) in [4.78, 5) is 0. The third kappa shape index (κ3) is 1.58. The maximum absolute atomic E-state index is 5.02. The first kappa shape index (κ1) is 7.76. The largest absolute Gasteiger partial charge is 0.384 e. The summed E-state index contributed by atoms with van der Waals surface area (Å²) in [5.74, 6) is 1.18. The van der Waals surface area contributed by atoms with Gasteiger partial charge >= 0.3 is 0 Å². The van der Waals surface area contributed by atoms with E-state index < -0.39 is 0 Å². The molecule has 0 saturated carbocycles. The summed E-state index contributed by atoms with van der Waals surface area (Å²) in [5, 5.41) is 0. The van der Waals surface area contributed by atoms with E-state index in [-0.39, 0.29) is 0 Å². The number of ether oxygens (including phenoxy) is 2. The van der Waals surface area contributed by atoms with Crippen LogP contribution in [-0.4, -0.2) is 27.4 Å². The van der Waals surface area contributed by atoms with Gasteiger partial charge in [0.25, 0.3) is 0 Å². The second-order valence-electron chi connectivity index (χ2n) is 2.62. The molecule has 0 aromatic carbocycles. The van der Waals surface area contributed by atoms with Gasteiger partial charge in [0.1, 0.15) is 0 Å². The van der Waals surface area contributed by atoms with Crippen LogP contribution in [-0.2, 0) is 9.47 Å². The zero-order valence-electron chi connectivity index (χ0n) is 6.54. The summed E-state index contributed by atoms with van der Waals surface area (Å²) in [6.45, 7) is 1.65. The standard InChI is InChI=1S/C8H14O2/c1-9-5-7-3-4-8(7)6-10-2/h3-4,7-8H,5-6H2,1-2H3. The Morgan fingerprint density at radius 1 is 1.00 bits per heavy atom. The molecule has 0 spiro atoms. The van der Waals surface area contributed by atoms with Gasteiger partial charge in [-0.15, -0.1) is 0 Å². The van der Waals surface area contributed by atoms with Crippen LogP contribution >= 0.6 is 0 Å². The lowest BCUT2D eigenvalue weighted by Gasteiger charge is -2.27. The Kier molecular flexibility index (Phi) is 2.90. The van der Waals surface area contributed by atoms with E-state index >= 15 is 0 Å². The summed E-state index contributed by atoms with van der Waals surface area (Å²) in [7, 11) is 3.46. The molecular formula is C8H14O2. The smallest absolute Gasteiger partial charge is 0.0531 e. The molecule has 58 valence electrons. The van der Waals surface area contributed by atoms with Crippen molar-refractivity contribution >= 4 is 0 Å². The van der Waals surface area contributed by atoms with Crippen molar-refractivity contribution in [1.82, 2.24) is 0 Å². The topological polar surface area (TPSA) is 18.5 Å². The van der Waals surface area contributed by atoms with Gasteiger partial charge in [-0.25, -0.2) is 0 Å². The lowest BCUT2D eigenvalue weighted by Crippen LogP contribution is -2.26. The van der Waals surface area contributed by atoms with E-state index in [1.807, 2.05) is 0 Å². The molecule has 0 saturated heterocycles. The predicted octanol–water partition coefficient (Wildman–Crippen LogP) is 1.08. The molecule has 0 fully saturated rings. The third-order valence-electron chi connectivity index (χ3n) is 1.87. The van der Waals surface area contributed by atoms with Crippen LogP contribution in [0.5, 0.6) is 0 Å². The van der Waals surface area contributed by atoms with Crippen LogP contribution in [0.3, 0.4) is 0 Å². The van der Waals surface area contributed by atoms with Crippen molar-refractivity contribution in [3.05, 3.63) is 12.2 Å². The maximum atomic E-state index is 5.02. The fourth-order valence-electron chi connectivity index (χ4n) is 1.17. The number of hydrogen-bond donors (Lipinski definition) is 0. The summed E-state index contributed by atoms with van der Waals surface area (Å²) in [6.07, 6.45) is 4.35. The van der Waals surface area contributed by atoms with E-state index in [1.54, 1.807) is 14.2 Å². The highest BCUT2D eigenvalue weighted by Gasteiger charge is 2.23. The Bertz CT molecular complexity index is 106. The quantitative estimate of drug-likeness (QED) is 0.547. The fraction of sp³-hybridized carbons (Fsp3) is 0.750. The number of methoxy groups -OCH3 is 2. The van der Waals surface area contributed by atoms with Gasteiger partial charge in [0.15, 0.2) is 0 Å². The molecule has 2 nitrogen and oxygen atoms in total. The monoisotopic (exact) mass is 142 g/mol. The van der Waals surface area contributed by atoms with Crippen molar-refractivity contribution in [2.24, 2.45) is 11.8 Å². The molecule has 10 heavy (non-hydrogen) atoms. The van der Waals surface area contributed by atoms with Gasteiger partial charge in [0.05, 0.1) is 13.2 Å². The molecule has 1 rings (SSSR count). The van der Waals surface area contributed by atoms with Crippen molar-refractivity contribution < 1.29 is 9.47 Å². The Hall–Kier alpha value is -0.340. The predicted molar refractivity (Wildman–Crippen MR) is 39.9 cm³/mol. The second-order valence-corrected chi connectivity index (χ2v) is 2.62. The average molecular weight is 142 g/mol. The maximum Gasteiger partial charge on any atom is 0.0531 e. The summed E-state index contributed by atoms with van der Waals surface area (Å²) >= 11 is 0. The van der Waals surface area contributed by atoms with E-state index in [2.05, 4.69) is 12.2 Å². The van der Waals surface area contributed by atoms with Crippen molar-refractivity contribution in [1.29, 1.82) is 0 Å². The first-order chi connectivity index (χ1) is 4.88. The van der Waals surface area contributed by atoms with Crippen molar-refractivity contribution in [2.75, 3.05) is 27.4 Å². The molecule has 2 atom stereocenters. The molecule has 0 radical (unpaired) electrons. The highest BCUT2D eigenvalue weighted by molar-refractivity contribution is 5.08. The lowest BCUT2D eigenvalue weighted by molar-refractivity contribution is 0.0952. The Labute approximate surface area is 61.8 Å². The molecule has 1 aliphatic carbocycles. The van der Waals surface area contributed by atoms with Crippen molar-refractivity contribution in [3.63, 3.8) is 0 Å². The molecule has 2 unspecified atom stereocenters. The Morgan fingerprint density at radius 2 is 1.40 bits per heavy atom. The van der Waals surface area contributed by atoms with E-state index in [9.17, 15) is 0 Å². The third-order valence-corrected chi connectivity index (χ3v) is 1.87. The van der Waals surface area contributed by atoms with Gasteiger partial charge in [-0.3, -0.25) is 0 Å². The minimum Gasteiger partial charge on any atom is -0.384 e. The van der Waals surface area contributed by atoms with Crippen molar-refractivity contribution in [2.45, 2.75) is 0 Å². The van der Waals surface area contributed by atoms with Crippen molar-refractivity contribution in [3.8, 4) is 0 Å². The fourth-order valence-corrected chi connectivity index (χ4v) is 1.17. The number of hydrogen-bond acceptors (Lipinski definition) is 2. The van der Waals surface area contributed by atoms with Crippen LogP contribution in [0.25, 0.3) is 0 Å². The van der Waals surface area contributed by atoms with E-state index in [0.29, 0.717) is 11.8 Å². The summed E-state index contributed by atoms with van der Waals surface area (Å²) < 4.78 is 10.0. The molecule has 0 N–H and O–H groups in total. The molecular weight excluding hydrogens is 128 g/mol. The first-order valence-corrected chi connectivity index (χ1v) is 3.54. The summed E-state index contributed by atoms with van der Waals surface area (Å²) in [6, 6.07) is 0. The van der Waals surface area contributed by atoms with E-state index in [1.165, 1.54) is 0 Å². The molecule has 0 aromatic heterocycles. The summed E-state index contributed by atoms with van der Waals surface area (Å²) in [5.41, 5.74) is 0. The minimum absolute atomic E-state index is 0.588. The molecule has 1 aliphatic rings. The molecule has 0 heterocycles. The van der Waals surface area contributed by atoms with Crippen LogP contribution in [0.4, 0.5) is 0 Å². The Balaban J connectivity index is 2.18. The van der Waals surface area contributed by atoms with Gasteiger partial charge in [-0.2, -0.15) is 0 Å².